The van der Waals surface area contributed by atoms with Crippen molar-refractivity contribution in [2.75, 3.05) is 17.2 Å². The summed E-state index contributed by atoms with van der Waals surface area (Å²) in [6.45, 7) is 1.40. The first-order chi connectivity index (χ1) is 9.29. The van der Waals surface area contributed by atoms with Crippen LogP contribution in [0.3, 0.4) is 0 Å². The second-order valence-electron chi connectivity index (χ2n) is 4.87. The molecule has 3 N–H and O–H groups in total. The maximum Gasteiger partial charge on any atom is 0.241 e. The lowest BCUT2D eigenvalue weighted by atomic mass is 10.2. The Labute approximate surface area is 120 Å². The molecule has 1 fully saturated rings. The average molecular weight is 320 g/mol. The summed E-state index contributed by atoms with van der Waals surface area (Å²) < 4.78 is 52.0. The highest BCUT2D eigenvalue weighted by molar-refractivity contribution is 7.89. The van der Waals surface area contributed by atoms with Crippen LogP contribution in [0.5, 0.6) is 0 Å². The zero-order chi connectivity index (χ0) is 14.9. The zero-order valence-electron chi connectivity index (χ0n) is 11.1. The molecule has 1 saturated heterocycles. The van der Waals surface area contributed by atoms with Crippen molar-refractivity contribution >= 4 is 26.5 Å². The molecule has 5 nitrogen and oxygen atoms in total. The van der Waals surface area contributed by atoms with Crippen LogP contribution in [0, 0.1) is 12.7 Å². The Bertz CT molecular complexity index is 636. The summed E-state index contributed by atoms with van der Waals surface area (Å²) in [6.07, 6.45) is 1.05. The normalized spacial score (nSPS) is 23.7. The number of anilines is 1. The minimum atomic E-state index is -3.82. The van der Waals surface area contributed by atoms with E-state index in [2.05, 4.69) is 4.72 Å². The van der Waals surface area contributed by atoms with Crippen molar-refractivity contribution in [3.05, 3.63) is 23.5 Å². The second-order valence-corrected chi connectivity index (χ2v) is 8.25. The third kappa shape index (κ3) is 3.36. The van der Waals surface area contributed by atoms with Gasteiger partial charge in [-0.3, -0.25) is 4.21 Å². The van der Waals surface area contributed by atoms with E-state index in [1.165, 1.54) is 13.0 Å². The summed E-state index contributed by atoms with van der Waals surface area (Å²) in [6, 6.07) is 2.08. The molecule has 8 heteroatoms. The van der Waals surface area contributed by atoms with E-state index in [-0.39, 0.29) is 22.2 Å². The van der Waals surface area contributed by atoms with Gasteiger partial charge in [-0.2, -0.15) is 0 Å². The minimum Gasteiger partial charge on any atom is -0.399 e. The molecule has 0 radical (unpaired) electrons. The number of benzene rings is 1. The Balaban J connectivity index is 2.25. The van der Waals surface area contributed by atoms with E-state index in [4.69, 9.17) is 5.73 Å². The van der Waals surface area contributed by atoms with Gasteiger partial charge in [0.1, 0.15) is 5.82 Å². The third-order valence-corrected chi connectivity index (χ3v) is 6.35. The Morgan fingerprint density at radius 2 is 1.95 bits per heavy atom. The molecule has 1 aliphatic heterocycles. The van der Waals surface area contributed by atoms with E-state index < -0.39 is 26.6 Å². The smallest absolute Gasteiger partial charge is 0.241 e. The molecule has 0 unspecified atom stereocenters. The minimum absolute atomic E-state index is 0.0473. The third-order valence-electron chi connectivity index (χ3n) is 3.32. The van der Waals surface area contributed by atoms with Gasteiger partial charge in [-0.1, -0.05) is 0 Å². The van der Waals surface area contributed by atoms with Crippen LogP contribution in [0.4, 0.5) is 10.1 Å². The molecule has 0 amide bonds. The van der Waals surface area contributed by atoms with E-state index in [0.717, 1.165) is 6.07 Å². The highest BCUT2D eigenvalue weighted by atomic mass is 32.2. The van der Waals surface area contributed by atoms with E-state index in [0.29, 0.717) is 24.3 Å². The van der Waals surface area contributed by atoms with Crippen molar-refractivity contribution in [1.82, 2.24) is 4.72 Å². The fourth-order valence-electron chi connectivity index (χ4n) is 2.15. The van der Waals surface area contributed by atoms with Gasteiger partial charge in [-0.15, -0.1) is 0 Å². The largest absolute Gasteiger partial charge is 0.399 e. The first-order valence-electron chi connectivity index (χ1n) is 6.22. The topological polar surface area (TPSA) is 89.3 Å². The van der Waals surface area contributed by atoms with Crippen molar-refractivity contribution in [3.63, 3.8) is 0 Å². The quantitative estimate of drug-likeness (QED) is 0.810. The molecular weight excluding hydrogens is 303 g/mol. The maximum atomic E-state index is 13.6. The summed E-state index contributed by atoms with van der Waals surface area (Å²) >= 11 is 0. The van der Waals surface area contributed by atoms with Crippen LogP contribution < -0.4 is 10.5 Å². The van der Waals surface area contributed by atoms with Gasteiger partial charge in [0.15, 0.2) is 0 Å². The maximum absolute atomic E-state index is 13.6. The fourth-order valence-corrected chi connectivity index (χ4v) is 5.04. The van der Waals surface area contributed by atoms with Gasteiger partial charge >= 0.3 is 0 Å². The summed E-state index contributed by atoms with van der Waals surface area (Å²) in [5.74, 6) is 0.324. The molecule has 1 heterocycles. The van der Waals surface area contributed by atoms with E-state index in [1.807, 2.05) is 0 Å². The Kier molecular flexibility index (Phi) is 4.46. The van der Waals surface area contributed by atoms with Gasteiger partial charge in [-0.05, 0) is 31.9 Å². The van der Waals surface area contributed by atoms with Gasteiger partial charge in [0.2, 0.25) is 10.0 Å². The molecule has 2 rings (SSSR count). The van der Waals surface area contributed by atoms with Gasteiger partial charge in [0.25, 0.3) is 0 Å². The highest BCUT2D eigenvalue weighted by Gasteiger charge is 2.26. The van der Waals surface area contributed by atoms with Crippen LogP contribution in [0.25, 0.3) is 0 Å². The Morgan fingerprint density at radius 3 is 2.55 bits per heavy atom. The van der Waals surface area contributed by atoms with Crippen molar-refractivity contribution in [2.45, 2.75) is 30.7 Å². The molecule has 0 bridgehead atoms. The molecular formula is C12H17FN2O3S2. The molecule has 0 saturated carbocycles. The van der Waals surface area contributed by atoms with Crippen molar-refractivity contribution in [3.8, 4) is 0 Å². The summed E-state index contributed by atoms with van der Waals surface area (Å²) in [5.41, 5.74) is 5.62. The molecule has 112 valence electrons. The molecule has 0 atom stereocenters. The van der Waals surface area contributed by atoms with Crippen LogP contribution >= 0.6 is 0 Å². The van der Waals surface area contributed by atoms with Gasteiger partial charge in [0, 0.05) is 39.6 Å². The average Bonchev–Trinajstić information content (AvgIpc) is 2.36. The van der Waals surface area contributed by atoms with Crippen LogP contribution in [0.1, 0.15) is 18.4 Å². The van der Waals surface area contributed by atoms with Gasteiger partial charge in [-0.25, -0.2) is 17.5 Å². The molecule has 1 aromatic carbocycles. The SMILES string of the molecule is Cc1c(F)cc(N)cc1S(=O)(=O)NC1CCS(=O)CC1. The fraction of sp³-hybridized carbons (Fsp3) is 0.500. The summed E-state index contributed by atoms with van der Waals surface area (Å²) in [5, 5.41) is 0. The standard InChI is InChI=1S/C12H17FN2O3S2/c1-8-11(13)6-9(14)7-12(8)20(17,18)15-10-2-4-19(16)5-3-10/h6-7,10,15H,2-5,14H2,1H3. The summed E-state index contributed by atoms with van der Waals surface area (Å²) in [4.78, 5) is -0.137. The van der Waals surface area contributed by atoms with Crippen LogP contribution in [-0.2, 0) is 20.8 Å². The molecule has 0 spiro atoms. The predicted molar refractivity (Wildman–Crippen MR) is 76.8 cm³/mol. The van der Waals surface area contributed by atoms with E-state index in [1.54, 1.807) is 0 Å². The first-order valence-corrected chi connectivity index (χ1v) is 9.19. The number of nitrogen functional groups attached to an aromatic ring is 1. The van der Waals surface area contributed by atoms with Crippen molar-refractivity contribution in [1.29, 1.82) is 0 Å². The Morgan fingerprint density at radius 1 is 1.35 bits per heavy atom. The number of nitrogens with one attached hydrogen (secondary N) is 1. The first kappa shape index (κ1) is 15.4. The lowest BCUT2D eigenvalue weighted by Gasteiger charge is -2.23. The van der Waals surface area contributed by atoms with E-state index >= 15 is 0 Å². The van der Waals surface area contributed by atoms with Gasteiger partial charge in [0.05, 0.1) is 4.90 Å². The molecule has 0 aliphatic carbocycles. The molecule has 1 aliphatic rings. The highest BCUT2D eigenvalue weighted by Crippen LogP contribution is 2.23. The van der Waals surface area contributed by atoms with Crippen LogP contribution in [-0.4, -0.2) is 30.2 Å². The Hall–Kier alpha value is -0.990. The van der Waals surface area contributed by atoms with Crippen LogP contribution in [0.15, 0.2) is 17.0 Å². The lowest BCUT2D eigenvalue weighted by Crippen LogP contribution is -2.39. The summed E-state index contributed by atoms with van der Waals surface area (Å²) in [7, 11) is -4.68. The molecule has 1 aromatic rings. The van der Waals surface area contributed by atoms with Gasteiger partial charge < -0.3 is 5.73 Å². The lowest BCUT2D eigenvalue weighted by molar-refractivity contribution is 0.520. The van der Waals surface area contributed by atoms with Crippen molar-refractivity contribution in [2.24, 2.45) is 0 Å². The predicted octanol–water partition coefficient (Wildman–Crippen LogP) is 0.906. The van der Waals surface area contributed by atoms with Crippen LogP contribution in [0.2, 0.25) is 0 Å². The number of sulfonamides is 1. The molecule has 20 heavy (non-hydrogen) atoms. The number of halogens is 1. The number of rotatable bonds is 3. The van der Waals surface area contributed by atoms with E-state index in [9.17, 15) is 17.0 Å². The number of hydrogen-bond donors (Lipinski definition) is 2. The molecule has 0 aromatic heterocycles. The number of nitrogens with two attached hydrogens (primary N) is 1. The zero-order valence-corrected chi connectivity index (χ0v) is 12.7. The van der Waals surface area contributed by atoms with Crippen molar-refractivity contribution < 1.29 is 17.0 Å². The monoisotopic (exact) mass is 320 g/mol. The number of hydrogen-bond acceptors (Lipinski definition) is 4. The second kappa shape index (κ2) is 5.79.